The highest BCUT2D eigenvalue weighted by atomic mass is 79.9. The third-order valence-electron chi connectivity index (χ3n) is 4.36. The van der Waals surface area contributed by atoms with E-state index in [1.165, 1.54) is 16.8 Å². The first-order valence-electron chi connectivity index (χ1n) is 7.01. The second-order valence-corrected chi connectivity index (χ2v) is 7.03. The van der Waals surface area contributed by atoms with Crippen LogP contribution in [0.25, 0.3) is 0 Å². The number of benzene rings is 1. The van der Waals surface area contributed by atoms with Crippen molar-refractivity contribution in [3.63, 3.8) is 0 Å². The Morgan fingerprint density at radius 3 is 2.37 bits per heavy atom. The Kier molecular flexibility index (Phi) is 4.26. The lowest BCUT2D eigenvalue weighted by Gasteiger charge is -2.52. The van der Waals surface area contributed by atoms with Crippen LogP contribution < -0.4 is 5.32 Å². The molecule has 0 bridgehead atoms. The Balaban J connectivity index is 2.12. The second kappa shape index (κ2) is 5.45. The topological polar surface area (TPSA) is 21.3 Å². The molecule has 1 aromatic rings. The van der Waals surface area contributed by atoms with Crippen LogP contribution in [0, 0.1) is 19.3 Å². The van der Waals surface area contributed by atoms with Crippen molar-refractivity contribution in [2.75, 3.05) is 11.9 Å². The van der Waals surface area contributed by atoms with E-state index in [0.717, 1.165) is 17.5 Å². The summed E-state index contributed by atoms with van der Waals surface area (Å²) in [6.07, 6.45) is 1.47. The minimum Gasteiger partial charge on any atom is -0.381 e. The van der Waals surface area contributed by atoms with Crippen molar-refractivity contribution in [2.45, 2.75) is 53.2 Å². The zero-order valence-electron chi connectivity index (χ0n) is 12.5. The van der Waals surface area contributed by atoms with Crippen molar-refractivity contribution in [1.29, 1.82) is 0 Å². The van der Waals surface area contributed by atoms with E-state index in [1.807, 2.05) is 0 Å². The maximum atomic E-state index is 5.79. The maximum Gasteiger partial charge on any atom is 0.0665 e. The van der Waals surface area contributed by atoms with Crippen molar-refractivity contribution < 1.29 is 4.74 Å². The molecular weight excluding hydrogens is 302 g/mol. The average molecular weight is 326 g/mol. The van der Waals surface area contributed by atoms with E-state index in [2.05, 4.69) is 68.0 Å². The summed E-state index contributed by atoms with van der Waals surface area (Å²) in [5, 5.41) is 3.72. The molecule has 1 aliphatic rings. The molecule has 0 saturated heterocycles. The van der Waals surface area contributed by atoms with Gasteiger partial charge in [-0.3, -0.25) is 0 Å². The molecule has 2 atom stereocenters. The van der Waals surface area contributed by atoms with Crippen molar-refractivity contribution >= 4 is 21.6 Å². The molecule has 1 aromatic carbocycles. The number of aryl methyl sites for hydroxylation is 2. The lowest BCUT2D eigenvalue weighted by atomic mass is 9.64. The summed E-state index contributed by atoms with van der Waals surface area (Å²) >= 11 is 3.55. The molecule has 0 aliphatic heterocycles. The molecule has 0 amide bonds. The van der Waals surface area contributed by atoms with E-state index in [-0.39, 0.29) is 5.41 Å². The van der Waals surface area contributed by atoms with Gasteiger partial charge in [0, 0.05) is 28.2 Å². The number of ether oxygens (including phenoxy) is 1. The van der Waals surface area contributed by atoms with Gasteiger partial charge in [0.2, 0.25) is 0 Å². The Morgan fingerprint density at radius 1 is 1.32 bits per heavy atom. The molecule has 1 N–H and O–H groups in total. The quantitative estimate of drug-likeness (QED) is 0.867. The summed E-state index contributed by atoms with van der Waals surface area (Å²) in [5.74, 6) is 0. The summed E-state index contributed by atoms with van der Waals surface area (Å²) in [6, 6.07) is 4.82. The van der Waals surface area contributed by atoms with E-state index in [1.54, 1.807) is 0 Å². The normalized spacial score (nSPS) is 24.9. The van der Waals surface area contributed by atoms with Gasteiger partial charge in [-0.25, -0.2) is 0 Å². The molecule has 106 valence electrons. The van der Waals surface area contributed by atoms with Gasteiger partial charge in [0.05, 0.1) is 6.10 Å². The third-order valence-corrected chi connectivity index (χ3v) is 4.82. The zero-order valence-corrected chi connectivity index (χ0v) is 14.1. The molecule has 0 heterocycles. The Bertz CT molecular complexity index is 447. The second-order valence-electron chi connectivity index (χ2n) is 6.11. The van der Waals surface area contributed by atoms with Crippen LogP contribution in [-0.4, -0.2) is 18.8 Å². The highest BCUT2D eigenvalue weighted by Crippen LogP contribution is 2.45. The van der Waals surface area contributed by atoms with Crippen LogP contribution in [0.15, 0.2) is 16.6 Å². The molecule has 0 radical (unpaired) electrons. The standard InChI is InChI=1S/C16H24BrNO/c1-6-19-14-9-13(16(14,4)5)18-15-10(2)7-12(17)8-11(15)3/h7-8,13-14,18H,6,9H2,1-5H3. The van der Waals surface area contributed by atoms with Gasteiger partial charge in [-0.1, -0.05) is 29.8 Å². The molecule has 1 aliphatic carbocycles. The first-order valence-corrected chi connectivity index (χ1v) is 7.80. The minimum absolute atomic E-state index is 0.196. The van der Waals surface area contributed by atoms with Crippen LogP contribution in [0.1, 0.15) is 38.3 Å². The maximum absolute atomic E-state index is 5.79. The summed E-state index contributed by atoms with van der Waals surface area (Å²) in [4.78, 5) is 0. The van der Waals surface area contributed by atoms with E-state index >= 15 is 0 Å². The highest BCUT2D eigenvalue weighted by molar-refractivity contribution is 9.10. The molecule has 2 unspecified atom stereocenters. The average Bonchev–Trinajstić information content (AvgIpc) is 2.30. The van der Waals surface area contributed by atoms with Crippen LogP contribution in [0.5, 0.6) is 0 Å². The van der Waals surface area contributed by atoms with Gasteiger partial charge in [0.15, 0.2) is 0 Å². The predicted molar refractivity (Wildman–Crippen MR) is 84.8 cm³/mol. The first kappa shape index (κ1) is 14.9. The Labute approximate surface area is 125 Å². The van der Waals surface area contributed by atoms with Crippen molar-refractivity contribution in [3.05, 3.63) is 27.7 Å². The van der Waals surface area contributed by atoms with Crippen LogP contribution in [-0.2, 0) is 4.74 Å². The Morgan fingerprint density at radius 2 is 1.89 bits per heavy atom. The molecular formula is C16H24BrNO. The van der Waals surface area contributed by atoms with E-state index < -0.39 is 0 Å². The van der Waals surface area contributed by atoms with Crippen LogP contribution in [0.3, 0.4) is 0 Å². The first-order chi connectivity index (χ1) is 8.86. The minimum atomic E-state index is 0.196. The molecule has 3 heteroatoms. The van der Waals surface area contributed by atoms with Crippen LogP contribution in [0.2, 0.25) is 0 Å². The molecule has 2 rings (SSSR count). The van der Waals surface area contributed by atoms with Crippen LogP contribution in [0.4, 0.5) is 5.69 Å². The number of hydrogen-bond acceptors (Lipinski definition) is 2. The molecule has 19 heavy (non-hydrogen) atoms. The SMILES string of the molecule is CCOC1CC(Nc2c(C)cc(Br)cc2C)C1(C)C. The van der Waals surface area contributed by atoms with Gasteiger partial charge in [-0.15, -0.1) is 0 Å². The highest BCUT2D eigenvalue weighted by Gasteiger charge is 2.49. The van der Waals surface area contributed by atoms with Crippen molar-refractivity contribution in [2.24, 2.45) is 5.41 Å². The Hall–Kier alpha value is -0.540. The summed E-state index contributed by atoms with van der Waals surface area (Å²) in [7, 11) is 0. The lowest BCUT2D eigenvalue weighted by molar-refractivity contribution is -0.0976. The molecule has 0 spiro atoms. The van der Waals surface area contributed by atoms with Gasteiger partial charge in [0.25, 0.3) is 0 Å². The van der Waals surface area contributed by atoms with E-state index in [9.17, 15) is 0 Å². The largest absolute Gasteiger partial charge is 0.381 e. The number of nitrogens with one attached hydrogen (secondary N) is 1. The molecule has 0 aromatic heterocycles. The van der Waals surface area contributed by atoms with Gasteiger partial charge >= 0.3 is 0 Å². The summed E-state index contributed by atoms with van der Waals surface area (Å²) in [6.45, 7) is 11.8. The number of anilines is 1. The van der Waals surface area contributed by atoms with Crippen LogP contribution >= 0.6 is 15.9 Å². The fourth-order valence-electron chi connectivity index (χ4n) is 2.93. The summed E-state index contributed by atoms with van der Waals surface area (Å²) < 4.78 is 6.94. The number of halogens is 1. The zero-order chi connectivity index (χ0) is 14.2. The van der Waals surface area contributed by atoms with E-state index in [4.69, 9.17) is 4.74 Å². The summed E-state index contributed by atoms with van der Waals surface area (Å²) in [5.41, 5.74) is 4.06. The fourth-order valence-corrected chi connectivity index (χ4v) is 3.61. The van der Waals surface area contributed by atoms with Crippen molar-refractivity contribution in [3.8, 4) is 0 Å². The molecule has 1 fully saturated rings. The molecule has 1 saturated carbocycles. The van der Waals surface area contributed by atoms with Gasteiger partial charge in [0.1, 0.15) is 0 Å². The number of hydrogen-bond donors (Lipinski definition) is 1. The smallest absolute Gasteiger partial charge is 0.0665 e. The number of rotatable bonds is 4. The van der Waals surface area contributed by atoms with Crippen molar-refractivity contribution in [1.82, 2.24) is 0 Å². The van der Waals surface area contributed by atoms with E-state index in [0.29, 0.717) is 12.1 Å². The van der Waals surface area contributed by atoms with Gasteiger partial charge in [-0.05, 0) is 50.5 Å². The van der Waals surface area contributed by atoms with Gasteiger partial charge < -0.3 is 10.1 Å². The monoisotopic (exact) mass is 325 g/mol. The van der Waals surface area contributed by atoms with Gasteiger partial charge in [-0.2, -0.15) is 0 Å². The predicted octanol–water partition coefficient (Wildman–Crippen LogP) is 4.68. The fraction of sp³-hybridized carbons (Fsp3) is 0.625. The molecule has 2 nitrogen and oxygen atoms in total. The lowest BCUT2D eigenvalue weighted by Crippen LogP contribution is -2.58. The third kappa shape index (κ3) is 2.82.